The second kappa shape index (κ2) is 3.51. The standard InChI is InChI=1S/C11H19N3O/c1-4-11(8-5-6-8)9(15)13-10(14-11)12-7(2)3/h7-8H,4-6H2,1-3H3,(H2,12,13,14,15). The van der Waals surface area contributed by atoms with Gasteiger partial charge >= 0.3 is 0 Å². The van der Waals surface area contributed by atoms with Crippen LogP contribution in [-0.2, 0) is 4.79 Å². The summed E-state index contributed by atoms with van der Waals surface area (Å²) in [5.74, 6) is 1.26. The smallest absolute Gasteiger partial charge is 0.252 e. The fourth-order valence-corrected chi connectivity index (χ4v) is 2.24. The van der Waals surface area contributed by atoms with Gasteiger partial charge in [-0.05, 0) is 39.0 Å². The molecule has 0 aromatic rings. The molecule has 1 aliphatic heterocycles. The first kappa shape index (κ1) is 10.5. The van der Waals surface area contributed by atoms with Crippen molar-refractivity contribution in [2.24, 2.45) is 10.9 Å². The highest BCUT2D eigenvalue weighted by atomic mass is 16.2. The van der Waals surface area contributed by atoms with Crippen molar-refractivity contribution < 1.29 is 4.79 Å². The Morgan fingerprint density at radius 1 is 1.53 bits per heavy atom. The Labute approximate surface area is 90.5 Å². The highest BCUT2D eigenvalue weighted by Gasteiger charge is 2.53. The first-order valence-electron chi connectivity index (χ1n) is 5.76. The van der Waals surface area contributed by atoms with Crippen LogP contribution in [0.4, 0.5) is 0 Å². The van der Waals surface area contributed by atoms with E-state index in [0.29, 0.717) is 11.9 Å². The second-order valence-electron chi connectivity index (χ2n) is 4.75. The van der Waals surface area contributed by atoms with E-state index in [0.717, 1.165) is 19.3 Å². The van der Waals surface area contributed by atoms with Gasteiger partial charge < -0.3 is 5.32 Å². The molecule has 1 aliphatic carbocycles. The number of aliphatic imine (C=N–C) groups is 1. The van der Waals surface area contributed by atoms with Crippen molar-refractivity contribution in [1.82, 2.24) is 10.6 Å². The van der Waals surface area contributed by atoms with E-state index in [9.17, 15) is 4.79 Å². The van der Waals surface area contributed by atoms with Gasteiger partial charge in [0.15, 0.2) is 5.96 Å². The largest absolute Gasteiger partial charge is 0.341 e. The van der Waals surface area contributed by atoms with Gasteiger partial charge in [-0.1, -0.05) is 6.92 Å². The molecule has 0 radical (unpaired) electrons. The van der Waals surface area contributed by atoms with Crippen LogP contribution in [0.25, 0.3) is 0 Å². The highest BCUT2D eigenvalue weighted by molar-refractivity contribution is 6.09. The number of amides is 1. The van der Waals surface area contributed by atoms with Crippen LogP contribution in [0.5, 0.6) is 0 Å². The fraction of sp³-hybridized carbons (Fsp3) is 0.818. The number of nitrogens with zero attached hydrogens (tertiary/aromatic N) is 1. The maximum atomic E-state index is 11.9. The second-order valence-corrected chi connectivity index (χ2v) is 4.75. The predicted octanol–water partition coefficient (Wildman–Crippen LogP) is 1.03. The van der Waals surface area contributed by atoms with Crippen LogP contribution < -0.4 is 10.6 Å². The zero-order valence-electron chi connectivity index (χ0n) is 9.63. The predicted molar refractivity (Wildman–Crippen MR) is 59.6 cm³/mol. The molecule has 4 nitrogen and oxygen atoms in total. The lowest BCUT2D eigenvalue weighted by atomic mass is 9.90. The molecule has 4 heteroatoms. The highest BCUT2D eigenvalue weighted by Crippen LogP contribution is 2.42. The summed E-state index contributed by atoms with van der Waals surface area (Å²) < 4.78 is 0. The Kier molecular flexibility index (Phi) is 2.44. The van der Waals surface area contributed by atoms with Crippen LogP contribution >= 0.6 is 0 Å². The van der Waals surface area contributed by atoms with E-state index >= 15 is 0 Å². The summed E-state index contributed by atoms with van der Waals surface area (Å²) in [6, 6.07) is 0.208. The van der Waals surface area contributed by atoms with E-state index < -0.39 is 0 Å². The van der Waals surface area contributed by atoms with Gasteiger partial charge in [-0.2, -0.15) is 0 Å². The topological polar surface area (TPSA) is 53.5 Å². The number of nitrogens with one attached hydrogen (secondary N) is 2. The zero-order valence-corrected chi connectivity index (χ0v) is 9.63. The molecule has 1 heterocycles. The molecule has 0 spiro atoms. The minimum Gasteiger partial charge on any atom is -0.341 e. The van der Waals surface area contributed by atoms with Crippen molar-refractivity contribution in [3.05, 3.63) is 0 Å². The monoisotopic (exact) mass is 209 g/mol. The van der Waals surface area contributed by atoms with Gasteiger partial charge in [0.25, 0.3) is 5.91 Å². The summed E-state index contributed by atoms with van der Waals surface area (Å²) in [6.07, 6.45) is 3.15. The number of hydrogen-bond donors (Lipinski definition) is 2. The average molecular weight is 209 g/mol. The minimum atomic E-state index is -0.367. The van der Waals surface area contributed by atoms with Crippen molar-refractivity contribution in [3.63, 3.8) is 0 Å². The molecule has 0 bridgehead atoms. The molecule has 1 unspecified atom stereocenters. The number of carbonyl (C=O) groups is 1. The SMILES string of the molecule is CCC1(C2CC2)NC(=NC(C)C)NC1=O. The molecule has 1 atom stereocenters. The van der Waals surface area contributed by atoms with Gasteiger partial charge in [0.05, 0.1) is 0 Å². The van der Waals surface area contributed by atoms with Gasteiger partial charge in [-0.15, -0.1) is 0 Å². The van der Waals surface area contributed by atoms with E-state index in [1.165, 1.54) is 0 Å². The normalized spacial score (nSPS) is 33.3. The number of hydrogen-bond acceptors (Lipinski definition) is 2. The summed E-state index contributed by atoms with van der Waals surface area (Å²) in [5.41, 5.74) is -0.367. The van der Waals surface area contributed by atoms with Crippen LogP contribution in [0.1, 0.15) is 40.0 Å². The van der Waals surface area contributed by atoms with Crippen molar-refractivity contribution in [2.75, 3.05) is 0 Å². The maximum Gasteiger partial charge on any atom is 0.252 e. The Bertz CT molecular complexity index is 307. The Morgan fingerprint density at radius 3 is 2.67 bits per heavy atom. The molecule has 84 valence electrons. The lowest BCUT2D eigenvalue weighted by Gasteiger charge is -2.24. The molecule has 0 aromatic heterocycles. The van der Waals surface area contributed by atoms with Crippen molar-refractivity contribution in [2.45, 2.75) is 51.6 Å². The van der Waals surface area contributed by atoms with Crippen molar-refractivity contribution in [1.29, 1.82) is 0 Å². The molecule has 15 heavy (non-hydrogen) atoms. The molecule has 0 aromatic carbocycles. The molecule has 2 aliphatic rings. The summed E-state index contributed by atoms with van der Waals surface area (Å²) in [4.78, 5) is 16.3. The van der Waals surface area contributed by atoms with Crippen molar-refractivity contribution >= 4 is 11.9 Å². The van der Waals surface area contributed by atoms with E-state index in [1.807, 2.05) is 13.8 Å². The van der Waals surface area contributed by atoms with E-state index in [-0.39, 0.29) is 17.5 Å². The molecule has 1 saturated carbocycles. The molecule has 1 amide bonds. The summed E-state index contributed by atoms with van der Waals surface area (Å²) in [6.45, 7) is 6.07. The van der Waals surface area contributed by atoms with Crippen LogP contribution in [-0.4, -0.2) is 23.4 Å². The van der Waals surface area contributed by atoms with Gasteiger partial charge in [-0.3, -0.25) is 15.1 Å². The number of carbonyl (C=O) groups excluding carboxylic acids is 1. The van der Waals surface area contributed by atoms with Crippen LogP contribution in [0.15, 0.2) is 4.99 Å². The third kappa shape index (κ3) is 1.73. The van der Waals surface area contributed by atoms with E-state index in [2.05, 4.69) is 22.5 Å². The van der Waals surface area contributed by atoms with Gasteiger partial charge in [0, 0.05) is 6.04 Å². The average Bonchev–Trinajstić information content (AvgIpc) is 2.92. The molecular weight excluding hydrogens is 190 g/mol. The summed E-state index contributed by atoms with van der Waals surface area (Å²) >= 11 is 0. The third-order valence-corrected chi connectivity index (χ3v) is 3.20. The molecular formula is C11H19N3O. The van der Waals surface area contributed by atoms with Gasteiger partial charge in [0.2, 0.25) is 0 Å². The quantitative estimate of drug-likeness (QED) is 0.729. The number of rotatable bonds is 3. The number of guanidine groups is 1. The maximum absolute atomic E-state index is 11.9. The molecule has 2 N–H and O–H groups in total. The Balaban J connectivity index is 2.18. The fourth-order valence-electron chi connectivity index (χ4n) is 2.24. The van der Waals surface area contributed by atoms with Crippen LogP contribution in [0.2, 0.25) is 0 Å². The van der Waals surface area contributed by atoms with Crippen LogP contribution in [0, 0.1) is 5.92 Å². The lowest BCUT2D eigenvalue weighted by molar-refractivity contribution is -0.124. The first-order chi connectivity index (χ1) is 7.08. The third-order valence-electron chi connectivity index (χ3n) is 3.20. The molecule has 2 fully saturated rings. The molecule has 1 saturated heterocycles. The Hall–Kier alpha value is -1.06. The van der Waals surface area contributed by atoms with Gasteiger partial charge in [0.1, 0.15) is 5.54 Å². The molecule has 2 rings (SSSR count). The van der Waals surface area contributed by atoms with Gasteiger partial charge in [-0.25, -0.2) is 0 Å². The van der Waals surface area contributed by atoms with E-state index in [1.54, 1.807) is 0 Å². The minimum absolute atomic E-state index is 0.104. The Morgan fingerprint density at radius 2 is 2.20 bits per heavy atom. The van der Waals surface area contributed by atoms with Crippen LogP contribution in [0.3, 0.4) is 0 Å². The van der Waals surface area contributed by atoms with E-state index in [4.69, 9.17) is 0 Å². The summed E-state index contributed by atoms with van der Waals surface area (Å²) in [5, 5.41) is 6.13. The first-order valence-corrected chi connectivity index (χ1v) is 5.76. The van der Waals surface area contributed by atoms with Crippen molar-refractivity contribution in [3.8, 4) is 0 Å². The summed E-state index contributed by atoms with van der Waals surface area (Å²) in [7, 11) is 0. The zero-order chi connectivity index (χ0) is 11.1. The lowest BCUT2D eigenvalue weighted by Crippen LogP contribution is -2.48.